The van der Waals surface area contributed by atoms with Gasteiger partial charge in [-0.05, 0) is 17.5 Å². The average Bonchev–Trinajstić information content (AvgIpc) is 3.22. The molecule has 1 fully saturated rings. The van der Waals surface area contributed by atoms with Crippen LogP contribution in [0.4, 0.5) is 5.69 Å². The molecule has 0 aliphatic carbocycles. The first-order valence-electron chi connectivity index (χ1n) is 8.72. The summed E-state index contributed by atoms with van der Waals surface area (Å²) in [5.74, 6) is 0.965. The molecule has 144 valence electrons. The summed E-state index contributed by atoms with van der Waals surface area (Å²) < 4.78 is 1.61. The Hall–Kier alpha value is -1.99. The van der Waals surface area contributed by atoms with Crippen LogP contribution in [0.1, 0.15) is 27.2 Å². The van der Waals surface area contributed by atoms with Crippen LogP contribution in [0.5, 0.6) is 0 Å². The molecule has 1 aromatic heterocycles. The molecule has 2 aromatic rings. The number of rotatable bonds is 4. The Morgan fingerprint density at radius 3 is 2.78 bits per heavy atom. The van der Waals surface area contributed by atoms with Gasteiger partial charge in [-0.3, -0.25) is 9.59 Å². The number of carbonyl (C=O) groups excluding carboxylic acids is 2. The molecule has 1 aliphatic heterocycles. The Morgan fingerprint density at radius 2 is 2.07 bits per heavy atom. The molecule has 0 spiro atoms. The van der Waals surface area contributed by atoms with Crippen molar-refractivity contribution in [3.8, 4) is 5.69 Å². The van der Waals surface area contributed by atoms with E-state index in [0.717, 1.165) is 5.69 Å². The van der Waals surface area contributed by atoms with E-state index in [0.29, 0.717) is 28.8 Å². The van der Waals surface area contributed by atoms with E-state index >= 15 is 0 Å². The van der Waals surface area contributed by atoms with Crippen molar-refractivity contribution in [1.29, 1.82) is 0 Å². The van der Waals surface area contributed by atoms with Crippen LogP contribution in [0.3, 0.4) is 0 Å². The first kappa shape index (κ1) is 19.8. The second-order valence-corrected chi connectivity index (χ2v) is 9.14. The van der Waals surface area contributed by atoms with Crippen LogP contribution in [0.25, 0.3) is 5.69 Å². The standard InChI is InChI=1S/C19H23ClN4O2S/c1-19(2,3)8-17(25)23-12-27-11-16(23)18(26)22-13-9-21-24(10-13)15-7-5-4-6-14(15)20/h4-7,9-10,16H,8,11-12H2,1-3H3,(H,22,26). The minimum Gasteiger partial charge on any atom is -0.322 e. The van der Waals surface area contributed by atoms with Crippen molar-refractivity contribution >= 4 is 40.9 Å². The number of hydrogen-bond donors (Lipinski definition) is 1. The summed E-state index contributed by atoms with van der Waals surface area (Å²) in [5.41, 5.74) is 1.19. The average molecular weight is 407 g/mol. The molecule has 0 radical (unpaired) electrons. The van der Waals surface area contributed by atoms with E-state index in [1.165, 1.54) is 0 Å². The molecule has 1 N–H and O–H groups in total. The molecule has 0 bridgehead atoms. The summed E-state index contributed by atoms with van der Waals surface area (Å²) in [5, 5.41) is 7.70. The lowest BCUT2D eigenvalue weighted by molar-refractivity contribution is -0.137. The van der Waals surface area contributed by atoms with Gasteiger partial charge in [0.25, 0.3) is 0 Å². The fourth-order valence-corrected chi connectivity index (χ4v) is 4.25. The van der Waals surface area contributed by atoms with Crippen molar-refractivity contribution in [3.63, 3.8) is 0 Å². The van der Waals surface area contributed by atoms with Gasteiger partial charge in [-0.2, -0.15) is 5.10 Å². The van der Waals surface area contributed by atoms with E-state index in [2.05, 4.69) is 10.4 Å². The maximum absolute atomic E-state index is 12.7. The summed E-state index contributed by atoms with van der Waals surface area (Å²) in [6, 6.07) is 6.88. The van der Waals surface area contributed by atoms with Gasteiger partial charge in [0, 0.05) is 12.2 Å². The largest absolute Gasteiger partial charge is 0.322 e. The highest BCUT2D eigenvalue weighted by Crippen LogP contribution is 2.27. The monoisotopic (exact) mass is 406 g/mol. The number of carbonyl (C=O) groups is 2. The minimum atomic E-state index is -0.464. The highest BCUT2D eigenvalue weighted by Gasteiger charge is 2.36. The number of nitrogens with one attached hydrogen (secondary N) is 1. The maximum Gasteiger partial charge on any atom is 0.248 e. The molecule has 1 atom stereocenters. The second kappa shape index (κ2) is 7.94. The van der Waals surface area contributed by atoms with Gasteiger partial charge in [0.05, 0.1) is 34.7 Å². The van der Waals surface area contributed by atoms with Gasteiger partial charge >= 0.3 is 0 Å². The van der Waals surface area contributed by atoms with Crippen LogP contribution in [0, 0.1) is 5.41 Å². The van der Waals surface area contributed by atoms with E-state index in [1.807, 2.05) is 39.0 Å². The normalized spacial score (nSPS) is 17.2. The fourth-order valence-electron chi connectivity index (χ4n) is 2.84. The van der Waals surface area contributed by atoms with Crippen LogP contribution in [0.2, 0.25) is 5.02 Å². The van der Waals surface area contributed by atoms with Crippen LogP contribution in [-0.4, -0.2) is 44.2 Å². The fraction of sp³-hybridized carbons (Fsp3) is 0.421. The lowest BCUT2D eigenvalue weighted by atomic mass is 9.91. The number of aromatic nitrogens is 2. The number of thioether (sulfide) groups is 1. The number of hydrogen-bond acceptors (Lipinski definition) is 4. The first-order chi connectivity index (χ1) is 12.7. The Balaban J connectivity index is 1.68. The number of amides is 2. The predicted molar refractivity (Wildman–Crippen MR) is 109 cm³/mol. The van der Waals surface area contributed by atoms with Crippen molar-refractivity contribution in [2.75, 3.05) is 16.9 Å². The summed E-state index contributed by atoms with van der Waals surface area (Å²) in [6.45, 7) is 6.06. The van der Waals surface area contributed by atoms with E-state index in [4.69, 9.17) is 11.6 Å². The smallest absolute Gasteiger partial charge is 0.248 e. The Bertz CT molecular complexity index is 846. The molecule has 1 saturated heterocycles. The molecule has 1 aromatic carbocycles. The van der Waals surface area contributed by atoms with Gasteiger partial charge < -0.3 is 10.2 Å². The molecule has 8 heteroatoms. The first-order valence-corrected chi connectivity index (χ1v) is 10.3. The Labute approximate surface area is 168 Å². The van der Waals surface area contributed by atoms with Gasteiger partial charge in [-0.25, -0.2) is 4.68 Å². The number of nitrogens with zero attached hydrogens (tertiary/aromatic N) is 3. The molecular formula is C19H23ClN4O2S. The molecule has 1 unspecified atom stereocenters. The SMILES string of the molecule is CC(C)(C)CC(=O)N1CSCC1C(=O)Nc1cnn(-c2ccccc2Cl)c1. The molecule has 1 aliphatic rings. The van der Waals surface area contributed by atoms with Gasteiger partial charge in [0.15, 0.2) is 0 Å². The maximum atomic E-state index is 12.7. The van der Waals surface area contributed by atoms with E-state index in [9.17, 15) is 9.59 Å². The van der Waals surface area contributed by atoms with Crippen LogP contribution >= 0.6 is 23.4 Å². The van der Waals surface area contributed by atoms with Crippen LogP contribution in [0.15, 0.2) is 36.7 Å². The molecular weight excluding hydrogens is 384 g/mol. The number of para-hydroxylation sites is 1. The molecule has 2 amide bonds. The molecule has 27 heavy (non-hydrogen) atoms. The summed E-state index contributed by atoms with van der Waals surface area (Å²) in [6.07, 6.45) is 3.70. The van der Waals surface area contributed by atoms with Crippen molar-refractivity contribution in [3.05, 3.63) is 41.7 Å². The third kappa shape index (κ3) is 4.84. The lowest BCUT2D eigenvalue weighted by Gasteiger charge is -2.26. The summed E-state index contributed by atoms with van der Waals surface area (Å²) >= 11 is 7.78. The quantitative estimate of drug-likeness (QED) is 0.838. The highest BCUT2D eigenvalue weighted by molar-refractivity contribution is 7.99. The zero-order valence-corrected chi connectivity index (χ0v) is 17.2. The van der Waals surface area contributed by atoms with Crippen molar-refractivity contribution in [2.45, 2.75) is 33.2 Å². The third-order valence-electron chi connectivity index (χ3n) is 4.14. The number of halogens is 1. The van der Waals surface area contributed by atoms with Gasteiger partial charge in [0.2, 0.25) is 11.8 Å². The second-order valence-electron chi connectivity index (χ2n) is 7.73. The highest BCUT2D eigenvalue weighted by atomic mass is 35.5. The summed E-state index contributed by atoms with van der Waals surface area (Å²) in [4.78, 5) is 27.0. The summed E-state index contributed by atoms with van der Waals surface area (Å²) in [7, 11) is 0. The van der Waals surface area contributed by atoms with Gasteiger partial charge in [-0.15, -0.1) is 11.8 Å². The van der Waals surface area contributed by atoms with Crippen molar-refractivity contribution < 1.29 is 9.59 Å². The van der Waals surface area contributed by atoms with E-state index in [-0.39, 0.29) is 17.2 Å². The van der Waals surface area contributed by atoms with Crippen molar-refractivity contribution in [2.24, 2.45) is 5.41 Å². The van der Waals surface area contributed by atoms with Crippen molar-refractivity contribution in [1.82, 2.24) is 14.7 Å². The van der Waals surface area contributed by atoms with Gasteiger partial charge in [-0.1, -0.05) is 44.5 Å². The molecule has 0 saturated carbocycles. The molecule has 3 rings (SSSR count). The molecule has 2 heterocycles. The number of anilines is 1. The topological polar surface area (TPSA) is 67.2 Å². The predicted octanol–water partition coefficient (Wildman–Crippen LogP) is 3.80. The third-order valence-corrected chi connectivity index (χ3v) is 5.47. The Kier molecular flexibility index (Phi) is 5.81. The van der Waals surface area contributed by atoms with Gasteiger partial charge in [0.1, 0.15) is 6.04 Å². The van der Waals surface area contributed by atoms with E-state index in [1.54, 1.807) is 39.8 Å². The zero-order valence-electron chi connectivity index (χ0n) is 15.6. The van der Waals surface area contributed by atoms with Crippen LogP contribution in [-0.2, 0) is 9.59 Å². The van der Waals surface area contributed by atoms with Crippen LogP contribution < -0.4 is 5.32 Å². The van der Waals surface area contributed by atoms with E-state index < -0.39 is 6.04 Å². The molecule has 6 nitrogen and oxygen atoms in total. The lowest BCUT2D eigenvalue weighted by Crippen LogP contribution is -2.45. The Morgan fingerprint density at radius 1 is 1.33 bits per heavy atom. The zero-order chi connectivity index (χ0) is 19.6. The number of benzene rings is 1. The minimum absolute atomic E-state index is 0.0133.